The van der Waals surface area contributed by atoms with E-state index in [0.717, 1.165) is 44.9 Å². The van der Waals surface area contributed by atoms with Gasteiger partial charge in [0.05, 0.1) is 11.5 Å². The minimum absolute atomic E-state index is 0.00269. The van der Waals surface area contributed by atoms with Crippen molar-refractivity contribution in [1.82, 2.24) is 0 Å². The van der Waals surface area contributed by atoms with Crippen molar-refractivity contribution in [3.05, 3.63) is 41.5 Å². The number of phenols is 2. The molecule has 6 rings (SSSR count). The van der Waals surface area contributed by atoms with Gasteiger partial charge in [-0.1, -0.05) is 73.1 Å². The van der Waals surface area contributed by atoms with E-state index in [1.807, 2.05) is 13.8 Å². The van der Waals surface area contributed by atoms with Gasteiger partial charge in [-0.3, -0.25) is 4.79 Å². The maximum Gasteiger partial charge on any atom is 0.330 e. The summed E-state index contributed by atoms with van der Waals surface area (Å²) in [6.45, 7) is 18.0. The fraction of sp³-hybridized carbons (Fsp3) is 0.707. The summed E-state index contributed by atoms with van der Waals surface area (Å²) in [5.74, 6) is -1.07. The Morgan fingerprint density at radius 2 is 1.58 bits per heavy atom. The molecule has 7 heteroatoms. The van der Waals surface area contributed by atoms with Gasteiger partial charge in [-0.2, -0.15) is 0 Å². The first-order chi connectivity index (χ1) is 22.4. The first kappa shape index (κ1) is 36.5. The summed E-state index contributed by atoms with van der Waals surface area (Å²) in [5.41, 5.74) is 0.125. The number of esters is 1. The van der Waals surface area contributed by atoms with Gasteiger partial charge >= 0.3 is 11.9 Å². The van der Waals surface area contributed by atoms with Gasteiger partial charge in [0.1, 0.15) is 6.61 Å². The topological polar surface area (TPSA) is 124 Å². The number of carbonyl (C=O) groups is 2. The standard InChI is InChI=1S/C39H54O7.C2H6/c1-34(2)17-18-38(33(44)45)19-20-39(23-46-32(43)12-8-24-7-10-27(40)28(41)21-24)25(26(38)22-34)9-11-30-36(5)15-14-31(42)35(3,4)29(36)13-16-37(30,39)6;1-2/h7-10,12,21,26,29-31,40-42H,11,13-20,22-23H2,1-6H3,(H,44,45);1-2H3/b12-8+;/t26?,29?,30?,31?,36-,37+,38-,39-;/m0./s1. The average molecular weight is 665 g/mol. The van der Waals surface area contributed by atoms with Crippen LogP contribution in [0.1, 0.15) is 125 Å². The smallest absolute Gasteiger partial charge is 0.330 e. The van der Waals surface area contributed by atoms with Crippen LogP contribution in [-0.4, -0.2) is 45.1 Å². The molecule has 4 saturated carbocycles. The number of rotatable bonds is 5. The fourth-order valence-corrected chi connectivity index (χ4v) is 11.8. The Hall–Kier alpha value is -2.80. The molecule has 0 radical (unpaired) electrons. The Bertz CT molecular complexity index is 1470. The quantitative estimate of drug-likeness (QED) is 0.107. The maximum atomic E-state index is 13.4. The molecule has 8 atom stereocenters. The van der Waals surface area contributed by atoms with Crippen molar-refractivity contribution in [2.45, 2.75) is 126 Å². The first-order valence-electron chi connectivity index (χ1n) is 18.4. The number of allylic oxidation sites excluding steroid dienone is 1. The van der Waals surface area contributed by atoms with Crippen molar-refractivity contribution in [2.24, 2.45) is 50.2 Å². The van der Waals surface area contributed by atoms with Gasteiger partial charge in [0.2, 0.25) is 0 Å². The molecule has 0 bridgehead atoms. The number of hydrogen-bond donors (Lipinski definition) is 4. The number of aliphatic hydroxyl groups is 1. The number of carbonyl (C=O) groups excluding carboxylic acids is 1. The van der Waals surface area contributed by atoms with Crippen molar-refractivity contribution < 1.29 is 34.8 Å². The number of ether oxygens (including phenoxy) is 1. The van der Waals surface area contributed by atoms with Crippen LogP contribution in [0.3, 0.4) is 0 Å². The number of aliphatic carboxylic acids is 1. The molecule has 266 valence electrons. The molecule has 0 amide bonds. The Morgan fingerprint density at radius 1 is 0.896 bits per heavy atom. The lowest BCUT2D eigenvalue weighted by atomic mass is 9.33. The van der Waals surface area contributed by atoms with Crippen molar-refractivity contribution in [3.63, 3.8) is 0 Å². The first-order valence-corrected chi connectivity index (χ1v) is 18.4. The maximum absolute atomic E-state index is 13.4. The molecular weight excluding hydrogens is 604 g/mol. The summed E-state index contributed by atoms with van der Waals surface area (Å²) in [7, 11) is 0. The number of aromatic hydroxyl groups is 2. The largest absolute Gasteiger partial charge is 0.504 e. The normalized spacial score (nSPS) is 39.3. The van der Waals surface area contributed by atoms with E-state index in [1.165, 1.54) is 23.8 Å². The predicted molar refractivity (Wildman–Crippen MR) is 188 cm³/mol. The molecule has 4 fully saturated rings. The average Bonchev–Trinajstić information content (AvgIpc) is 3.03. The molecule has 48 heavy (non-hydrogen) atoms. The van der Waals surface area contributed by atoms with Crippen LogP contribution < -0.4 is 0 Å². The Kier molecular flexibility index (Phi) is 9.51. The van der Waals surface area contributed by atoms with Crippen LogP contribution in [0.5, 0.6) is 11.5 Å². The summed E-state index contributed by atoms with van der Waals surface area (Å²) in [6.07, 6.45) is 13.2. The van der Waals surface area contributed by atoms with E-state index in [4.69, 9.17) is 4.74 Å². The van der Waals surface area contributed by atoms with Crippen LogP contribution in [-0.2, 0) is 14.3 Å². The lowest BCUT2D eigenvalue weighted by molar-refractivity contribution is -0.217. The minimum atomic E-state index is -0.795. The molecule has 5 aliphatic carbocycles. The van der Waals surface area contributed by atoms with E-state index in [-0.39, 0.29) is 51.8 Å². The zero-order chi connectivity index (χ0) is 35.5. The summed E-state index contributed by atoms with van der Waals surface area (Å²) in [5, 5.41) is 41.4. The van der Waals surface area contributed by atoms with Crippen LogP contribution in [0, 0.1) is 50.2 Å². The third-order valence-electron chi connectivity index (χ3n) is 14.6. The third kappa shape index (κ3) is 5.51. The van der Waals surface area contributed by atoms with Gasteiger partial charge in [0.25, 0.3) is 0 Å². The van der Waals surface area contributed by atoms with E-state index >= 15 is 0 Å². The zero-order valence-corrected chi connectivity index (χ0v) is 30.6. The molecule has 1 aromatic carbocycles. The SMILES string of the molecule is CC.CC1(C)CC[C@]2(C(=O)O)CC[C@]3(COC(=O)/C=C/c4ccc(O)c(O)c4)C(=CCC4[C@@]5(C)CCC(O)C(C)(C)C5CC[C@]43C)C2C1. The lowest BCUT2D eigenvalue weighted by Crippen LogP contribution is -2.66. The minimum Gasteiger partial charge on any atom is -0.504 e. The highest BCUT2D eigenvalue weighted by Gasteiger charge is 2.70. The molecule has 0 aromatic heterocycles. The predicted octanol–water partition coefficient (Wildman–Crippen LogP) is 8.91. The van der Waals surface area contributed by atoms with Crippen LogP contribution >= 0.6 is 0 Å². The molecule has 0 aliphatic heterocycles. The van der Waals surface area contributed by atoms with Gasteiger partial charge in [-0.25, -0.2) is 4.79 Å². The fourth-order valence-electron chi connectivity index (χ4n) is 11.8. The zero-order valence-electron chi connectivity index (χ0n) is 30.6. The molecular formula is C41H60O7. The number of benzene rings is 1. The lowest BCUT2D eigenvalue weighted by Gasteiger charge is -2.71. The Balaban J connectivity index is 0.00000221. The van der Waals surface area contributed by atoms with E-state index in [1.54, 1.807) is 12.1 Å². The van der Waals surface area contributed by atoms with Crippen molar-refractivity contribution in [1.29, 1.82) is 0 Å². The third-order valence-corrected chi connectivity index (χ3v) is 14.6. The number of carboxylic acids is 1. The number of phenolic OH excluding ortho intramolecular Hbond substituents is 2. The molecule has 1 aromatic rings. The Labute approximate surface area is 287 Å². The van der Waals surface area contributed by atoms with E-state index in [9.17, 15) is 30.0 Å². The second-order valence-electron chi connectivity index (χ2n) is 17.5. The van der Waals surface area contributed by atoms with Crippen LogP contribution in [0.4, 0.5) is 0 Å². The molecule has 0 spiro atoms. The molecule has 0 saturated heterocycles. The number of carboxylic acid groups (broad SMARTS) is 1. The van der Waals surface area contributed by atoms with Crippen LogP contribution in [0.15, 0.2) is 35.9 Å². The van der Waals surface area contributed by atoms with Crippen molar-refractivity contribution in [3.8, 4) is 11.5 Å². The highest BCUT2D eigenvalue weighted by Crippen LogP contribution is 2.76. The summed E-state index contributed by atoms with van der Waals surface area (Å²) < 4.78 is 6.22. The number of aliphatic hydroxyl groups excluding tert-OH is 1. The second-order valence-corrected chi connectivity index (χ2v) is 17.5. The Morgan fingerprint density at radius 3 is 2.25 bits per heavy atom. The van der Waals surface area contributed by atoms with Gasteiger partial charge < -0.3 is 25.2 Å². The highest BCUT2D eigenvalue weighted by atomic mass is 16.5. The molecule has 5 aliphatic rings. The number of fused-ring (bicyclic) bond motifs is 7. The van der Waals surface area contributed by atoms with Gasteiger partial charge in [-0.15, -0.1) is 0 Å². The monoisotopic (exact) mass is 664 g/mol. The van der Waals surface area contributed by atoms with Gasteiger partial charge in [0.15, 0.2) is 11.5 Å². The molecule has 4 N–H and O–H groups in total. The summed E-state index contributed by atoms with van der Waals surface area (Å²) in [6, 6.07) is 4.39. The van der Waals surface area contributed by atoms with E-state index in [2.05, 4.69) is 47.6 Å². The van der Waals surface area contributed by atoms with Crippen LogP contribution in [0.25, 0.3) is 6.08 Å². The summed E-state index contributed by atoms with van der Waals surface area (Å²) >= 11 is 0. The van der Waals surface area contributed by atoms with Gasteiger partial charge in [-0.05, 0) is 127 Å². The van der Waals surface area contributed by atoms with E-state index in [0.29, 0.717) is 36.7 Å². The van der Waals surface area contributed by atoms with Crippen molar-refractivity contribution in [2.75, 3.05) is 6.61 Å². The summed E-state index contributed by atoms with van der Waals surface area (Å²) in [4.78, 5) is 26.5. The number of hydrogen-bond acceptors (Lipinski definition) is 6. The van der Waals surface area contributed by atoms with E-state index < -0.39 is 22.8 Å². The van der Waals surface area contributed by atoms with Crippen molar-refractivity contribution >= 4 is 18.0 Å². The highest BCUT2D eigenvalue weighted by molar-refractivity contribution is 5.87. The molecule has 4 unspecified atom stereocenters. The van der Waals surface area contributed by atoms with Crippen LogP contribution in [0.2, 0.25) is 0 Å². The van der Waals surface area contributed by atoms with Gasteiger partial charge in [0, 0.05) is 11.5 Å². The molecule has 7 nitrogen and oxygen atoms in total. The molecule has 0 heterocycles. The second kappa shape index (κ2) is 12.5.